The van der Waals surface area contributed by atoms with Gasteiger partial charge in [-0.05, 0) is 23.3 Å². The zero-order valence-corrected chi connectivity index (χ0v) is 9.81. The normalized spacial score (nSPS) is 14.3. The van der Waals surface area contributed by atoms with Crippen molar-refractivity contribution in [2.45, 2.75) is 12.3 Å². The molecule has 0 radical (unpaired) electrons. The standard InChI is InChI=1S/C14H12ClFO/c15-12-8-6-11(7-9-12)14(17)13(16)10-4-2-1-3-5-10/h1-9,13-14,17H/t13-,14-/m0/s1. The molecule has 0 aliphatic heterocycles. The van der Waals surface area contributed by atoms with Gasteiger partial charge in [0.05, 0.1) is 0 Å². The maximum atomic E-state index is 14.0. The molecule has 3 heteroatoms. The van der Waals surface area contributed by atoms with Crippen LogP contribution >= 0.6 is 11.6 Å². The highest BCUT2D eigenvalue weighted by Crippen LogP contribution is 2.32. The van der Waals surface area contributed by atoms with E-state index in [9.17, 15) is 9.50 Å². The van der Waals surface area contributed by atoms with Crippen LogP contribution in [-0.4, -0.2) is 5.11 Å². The summed E-state index contributed by atoms with van der Waals surface area (Å²) in [4.78, 5) is 0. The summed E-state index contributed by atoms with van der Waals surface area (Å²) in [5.41, 5.74) is 0.987. The third-order valence-electron chi connectivity index (χ3n) is 2.61. The van der Waals surface area contributed by atoms with Gasteiger partial charge in [0.25, 0.3) is 0 Å². The van der Waals surface area contributed by atoms with Crippen LogP contribution in [0.1, 0.15) is 23.4 Å². The molecule has 1 nitrogen and oxygen atoms in total. The minimum atomic E-state index is -1.43. The molecule has 2 aromatic rings. The van der Waals surface area contributed by atoms with Gasteiger partial charge in [0.15, 0.2) is 6.17 Å². The minimum Gasteiger partial charge on any atom is -0.385 e. The number of alkyl halides is 1. The van der Waals surface area contributed by atoms with Crippen molar-refractivity contribution in [2.75, 3.05) is 0 Å². The predicted octanol–water partition coefficient (Wildman–Crippen LogP) is 4.08. The summed E-state index contributed by atoms with van der Waals surface area (Å²) < 4.78 is 14.0. The Balaban J connectivity index is 2.20. The Hall–Kier alpha value is -1.38. The summed E-state index contributed by atoms with van der Waals surface area (Å²) >= 11 is 5.74. The van der Waals surface area contributed by atoms with Gasteiger partial charge >= 0.3 is 0 Å². The first-order chi connectivity index (χ1) is 8.18. The van der Waals surface area contributed by atoms with Crippen LogP contribution in [0.2, 0.25) is 5.02 Å². The lowest BCUT2D eigenvalue weighted by atomic mass is 10.00. The Labute approximate surface area is 104 Å². The molecule has 0 bridgehead atoms. The fraction of sp³-hybridized carbons (Fsp3) is 0.143. The fourth-order valence-electron chi connectivity index (χ4n) is 1.65. The molecule has 1 N–H and O–H groups in total. The third-order valence-corrected chi connectivity index (χ3v) is 2.86. The molecule has 0 heterocycles. The highest BCUT2D eigenvalue weighted by atomic mass is 35.5. The average molecular weight is 251 g/mol. The van der Waals surface area contributed by atoms with Gasteiger partial charge < -0.3 is 5.11 Å². The lowest BCUT2D eigenvalue weighted by Crippen LogP contribution is -2.06. The van der Waals surface area contributed by atoms with E-state index in [2.05, 4.69) is 0 Å². The quantitative estimate of drug-likeness (QED) is 0.870. The van der Waals surface area contributed by atoms with E-state index in [1.54, 1.807) is 48.5 Å². The number of aliphatic hydroxyl groups excluding tert-OH is 1. The van der Waals surface area contributed by atoms with Gasteiger partial charge in [-0.25, -0.2) is 4.39 Å². The molecular formula is C14H12ClFO. The second kappa shape index (κ2) is 5.30. The van der Waals surface area contributed by atoms with Crippen molar-refractivity contribution >= 4 is 11.6 Å². The van der Waals surface area contributed by atoms with Crippen LogP contribution in [0.3, 0.4) is 0 Å². The van der Waals surface area contributed by atoms with E-state index < -0.39 is 12.3 Å². The molecule has 2 aromatic carbocycles. The largest absolute Gasteiger partial charge is 0.385 e. The Morgan fingerprint density at radius 3 is 2.06 bits per heavy atom. The number of benzene rings is 2. The Kier molecular flexibility index (Phi) is 3.77. The summed E-state index contributed by atoms with van der Waals surface area (Å²) in [6.45, 7) is 0. The summed E-state index contributed by atoms with van der Waals surface area (Å²) in [5, 5.41) is 10.5. The Bertz CT molecular complexity index is 469. The molecule has 0 saturated heterocycles. The molecule has 17 heavy (non-hydrogen) atoms. The zero-order valence-electron chi connectivity index (χ0n) is 9.05. The van der Waals surface area contributed by atoms with E-state index in [0.29, 0.717) is 16.1 Å². The van der Waals surface area contributed by atoms with Gasteiger partial charge in [-0.15, -0.1) is 0 Å². The molecule has 2 rings (SSSR count). The van der Waals surface area contributed by atoms with E-state index in [1.165, 1.54) is 0 Å². The van der Waals surface area contributed by atoms with Crippen molar-refractivity contribution in [3.05, 3.63) is 70.7 Å². The first kappa shape index (κ1) is 12.1. The van der Waals surface area contributed by atoms with E-state index in [-0.39, 0.29) is 0 Å². The summed E-state index contributed by atoms with van der Waals surface area (Å²) in [5.74, 6) is 0. The van der Waals surface area contributed by atoms with Crippen LogP contribution < -0.4 is 0 Å². The summed E-state index contributed by atoms with van der Waals surface area (Å²) in [7, 11) is 0. The molecule has 0 aliphatic rings. The summed E-state index contributed by atoms with van der Waals surface area (Å²) in [6.07, 6.45) is -2.60. The van der Waals surface area contributed by atoms with Crippen LogP contribution in [0.25, 0.3) is 0 Å². The fourth-order valence-corrected chi connectivity index (χ4v) is 1.77. The molecule has 2 atom stereocenters. The summed E-state index contributed by atoms with van der Waals surface area (Å²) in [6, 6.07) is 15.1. The van der Waals surface area contributed by atoms with Crippen molar-refractivity contribution in [2.24, 2.45) is 0 Å². The van der Waals surface area contributed by atoms with Gasteiger partial charge in [-0.2, -0.15) is 0 Å². The molecular weight excluding hydrogens is 239 g/mol. The monoisotopic (exact) mass is 250 g/mol. The van der Waals surface area contributed by atoms with Crippen molar-refractivity contribution in [1.82, 2.24) is 0 Å². The first-order valence-electron chi connectivity index (χ1n) is 5.31. The van der Waals surface area contributed by atoms with Crippen LogP contribution in [0.4, 0.5) is 4.39 Å². The van der Waals surface area contributed by atoms with Crippen molar-refractivity contribution in [3.8, 4) is 0 Å². The van der Waals surface area contributed by atoms with Gasteiger partial charge in [-0.1, -0.05) is 54.1 Å². The topological polar surface area (TPSA) is 20.2 Å². The molecule has 0 spiro atoms. The predicted molar refractivity (Wildman–Crippen MR) is 66.7 cm³/mol. The highest BCUT2D eigenvalue weighted by molar-refractivity contribution is 6.30. The maximum Gasteiger partial charge on any atom is 0.155 e. The van der Waals surface area contributed by atoms with Crippen molar-refractivity contribution in [1.29, 1.82) is 0 Å². The number of rotatable bonds is 3. The van der Waals surface area contributed by atoms with Gasteiger partial charge in [0.2, 0.25) is 0 Å². The first-order valence-corrected chi connectivity index (χ1v) is 5.69. The Morgan fingerprint density at radius 1 is 0.882 bits per heavy atom. The third kappa shape index (κ3) is 2.84. The molecule has 88 valence electrons. The van der Waals surface area contributed by atoms with E-state index in [0.717, 1.165) is 0 Å². The number of hydrogen-bond acceptors (Lipinski definition) is 1. The molecule has 0 aromatic heterocycles. The SMILES string of the molecule is O[C@@H](c1ccc(Cl)cc1)[C@@H](F)c1ccccc1. The van der Waals surface area contributed by atoms with Gasteiger partial charge in [0, 0.05) is 5.02 Å². The molecule has 0 amide bonds. The van der Waals surface area contributed by atoms with Crippen molar-refractivity contribution in [3.63, 3.8) is 0 Å². The second-order valence-corrected chi connectivity index (χ2v) is 4.25. The van der Waals surface area contributed by atoms with Crippen LogP contribution in [0.5, 0.6) is 0 Å². The van der Waals surface area contributed by atoms with Gasteiger partial charge in [-0.3, -0.25) is 0 Å². The maximum absolute atomic E-state index is 14.0. The van der Waals surface area contributed by atoms with E-state index in [1.807, 2.05) is 6.07 Å². The molecule has 0 unspecified atom stereocenters. The molecule has 0 fully saturated rings. The lowest BCUT2D eigenvalue weighted by Gasteiger charge is -2.16. The number of hydrogen-bond donors (Lipinski definition) is 1. The van der Waals surface area contributed by atoms with Crippen LogP contribution in [0, 0.1) is 0 Å². The number of aliphatic hydroxyl groups is 1. The lowest BCUT2D eigenvalue weighted by molar-refractivity contribution is 0.0775. The highest BCUT2D eigenvalue weighted by Gasteiger charge is 2.21. The van der Waals surface area contributed by atoms with E-state index in [4.69, 9.17) is 11.6 Å². The molecule has 0 aliphatic carbocycles. The average Bonchev–Trinajstić information content (AvgIpc) is 2.39. The Morgan fingerprint density at radius 2 is 1.47 bits per heavy atom. The number of halogens is 2. The molecule has 0 saturated carbocycles. The van der Waals surface area contributed by atoms with Gasteiger partial charge in [0.1, 0.15) is 6.10 Å². The van der Waals surface area contributed by atoms with Crippen LogP contribution in [0.15, 0.2) is 54.6 Å². The second-order valence-electron chi connectivity index (χ2n) is 3.81. The smallest absolute Gasteiger partial charge is 0.155 e. The van der Waals surface area contributed by atoms with E-state index >= 15 is 0 Å². The van der Waals surface area contributed by atoms with Crippen LogP contribution in [-0.2, 0) is 0 Å². The minimum absolute atomic E-state index is 0.468. The zero-order chi connectivity index (χ0) is 12.3. The van der Waals surface area contributed by atoms with Crippen molar-refractivity contribution < 1.29 is 9.50 Å².